The second-order valence-electron chi connectivity index (χ2n) is 5.76. The van der Waals surface area contributed by atoms with Crippen molar-refractivity contribution in [3.8, 4) is 5.75 Å². The Balaban J connectivity index is 1.81. The predicted octanol–water partition coefficient (Wildman–Crippen LogP) is 3.45. The van der Waals surface area contributed by atoms with E-state index < -0.39 is 12.1 Å². The van der Waals surface area contributed by atoms with Gasteiger partial charge in [-0.25, -0.2) is 0 Å². The highest BCUT2D eigenvalue weighted by atomic mass is 16.5. The fourth-order valence-electron chi connectivity index (χ4n) is 2.78. The number of aliphatic hydroxyl groups excluding tert-OH is 1. The van der Waals surface area contributed by atoms with E-state index in [-0.39, 0.29) is 0 Å². The molecule has 118 valence electrons. The van der Waals surface area contributed by atoms with E-state index >= 15 is 0 Å². The Morgan fingerprint density at radius 1 is 0.957 bits per heavy atom. The Morgan fingerprint density at radius 2 is 1.65 bits per heavy atom. The minimum absolute atomic E-state index is 0.415. The largest absolute Gasteiger partial charge is 0.497 e. The number of nitrogens with two attached hydrogens (primary N) is 1. The lowest BCUT2D eigenvalue weighted by Crippen LogP contribution is -2.28. The summed E-state index contributed by atoms with van der Waals surface area (Å²) in [5.74, 6) is 0.832. The number of hydrogen-bond acceptors (Lipinski definition) is 3. The van der Waals surface area contributed by atoms with E-state index in [0.29, 0.717) is 6.42 Å². The van der Waals surface area contributed by atoms with E-state index in [2.05, 4.69) is 0 Å². The van der Waals surface area contributed by atoms with E-state index in [0.717, 1.165) is 27.6 Å². The number of hydrogen-bond donors (Lipinski definition) is 2. The van der Waals surface area contributed by atoms with Gasteiger partial charge in [0.2, 0.25) is 0 Å². The van der Waals surface area contributed by atoms with E-state index in [4.69, 9.17) is 10.5 Å². The summed E-state index contributed by atoms with van der Waals surface area (Å²) in [7, 11) is 1.66. The molecule has 0 bridgehead atoms. The summed E-state index contributed by atoms with van der Waals surface area (Å²) in [5.41, 5.74) is 8.28. The molecular formula is C20H21NO2. The third-order valence-electron chi connectivity index (χ3n) is 4.16. The molecule has 0 unspecified atom stereocenters. The van der Waals surface area contributed by atoms with Gasteiger partial charge < -0.3 is 15.6 Å². The van der Waals surface area contributed by atoms with Crippen LogP contribution >= 0.6 is 0 Å². The van der Waals surface area contributed by atoms with E-state index in [1.54, 1.807) is 7.11 Å². The maximum atomic E-state index is 10.4. The summed E-state index contributed by atoms with van der Waals surface area (Å²) in [6, 6.07) is 21.4. The smallest absolute Gasteiger partial charge is 0.119 e. The number of fused-ring (bicyclic) bond motifs is 1. The van der Waals surface area contributed by atoms with E-state index in [1.807, 2.05) is 66.7 Å². The quantitative estimate of drug-likeness (QED) is 0.759. The Hall–Kier alpha value is -2.36. The number of aliphatic hydroxyl groups is 1. The van der Waals surface area contributed by atoms with Crippen molar-refractivity contribution in [1.29, 1.82) is 0 Å². The molecule has 0 heterocycles. The standard InChI is InChI=1S/C20H21NO2/c1-23-18-10-9-15-12-17(8-7-16(15)13-18)20(21)19(22)11-14-5-3-2-4-6-14/h2-10,12-13,19-20,22H,11,21H2,1H3/t19-,20+/m1/s1. The molecule has 0 aliphatic heterocycles. The summed E-state index contributed by atoms with van der Waals surface area (Å²) in [5, 5.41) is 12.6. The first-order valence-electron chi connectivity index (χ1n) is 7.72. The summed E-state index contributed by atoms with van der Waals surface area (Å²) in [6.45, 7) is 0. The Labute approximate surface area is 136 Å². The van der Waals surface area contributed by atoms with Gasteiger partial charge in [-0.1, -0.05) is 48.5 Å². The van der Waals surface area contributed by atoms with Gasteiger partial charge in [0.1, 0.15) is 5.75 Å². The summed E-state index contributed by atoms with van der Waals surface area (Å²) >= 11 is 0. The van der Waals surface area contributed by atoms with Crippen molar-refractivity contribution < 1.29 is 9.84 Å². The summed E-state index contributed by atoms with van der Waals surface area (Å²) < 4.78 is 5.24. The molecule has 2 atom stereocenters. The van der Waals surface area contributed by atoms with Crippen LogP contribution in [0.4, 0.5) is 0 Å². The highest BCUT2D eigenvalue weighted by molar-refractivity contribution is 5.84. The molecule has 23 heavy (non-hydrogen) atoms. The molecule has 3 nitrogen and oxygen atoms in total. The minimum Gasteiger partial charge on any atom is -0.497 e. The van der Waals surface area contributed by atoms with Gasteiger partial charge in [0, 0.05) is 6.42 Å². The van der Waals surface area contributed by atoms with E-state index in [9.17, 15) is 5.11 Å². The van der Waals surface area contributed by atoms with Crippen molar-refractivity contribution in [1.82, 2.24) is 0 Å². The van der Waals surface area contributed by atoms with Gasteiger partial charge in [-0.15, -0.1) is 0 Å². The molecular weight excluding hydrogens is 286 g/mol. The predicted molar refractivity (Wildman–Crippen MR) is 93.6 cm³/mol. The molecule has 3 rings (SSSR count). The third-order valence-corrected chi connectivity index (χ3v) is 4.16. The van der Waals surface area contributed by atoms with Crippen molar-refractivity contribution in [2.45, 2.75) is 18.6 Å². The molecule has 0 saturated carbocycles. The number of benzene rings is 3. The van der Waals surface area contributed by atoms with Crippen LogP contribution in [0.25, 0.3) is 10.8 Å². The van der Waals surface area contributed by atoms with Crippen LogP contribution in [0.2, 0.25) is 0 Å². The van der Waals surface area contributed by atoms with Crippen LogP contribution in [-0.2, 0) is 6.42 Å². The lowest BCUT2D eigenvalue weighted by atomic mass is 9.95. The first-order chi connectivity index (χ1) is 11.2. The van der Waals surface area contributed by atoms with Crippen LogP contribution in [-0.4, -0.2) is 18.3 Å². The first-order valence-corrected chi connectivity index (χ1v) is 7.72. The zero-order valence-corrected chi connectivity index (χ0v) is 13.1. The van der Waals surface area contributed by atoms with E-state index in [1.165, 1.54) is 0 Å². The molecule has 3 aromatic rings. The molecule has 0 radical (unpaired) electrons. The van der Waals surface area contributed by atoms with Crippen LogP contribution < -0.4 is 10.5 Å². The van der Waals surface area contributed by atoms with Crippen LogP contribution in [0.3, 0.4) is 0 Å². The van der Waals surface area contributed by atoms with Crippen LogP contribution in [0.1, 0.15) is 17.2 Å². The monoisotopic (exact) mass is 307 g/mol. The average Bonchev–Trinajstić information content (AvgIpc) is 2.61. The maximum absolute atomic E-state index is 10.4. The van der Waals surface area contributed by atoms with Gasteiger partial charge >= 0.3 is 0 Å². The second kappa shape index (κ2) is 6.82. The normalized spacial score (nSPS) is 13.7. The van der Waals surface area contributed by atoms with Gasteiger partial charge in [0.05, 0.1) is 19.3 Å². The van der Waals surface area contributed by atoms with Crippen molar-refractivity contribution in [2.24, 2.45) is 5.73 Å². The van der Waals surface area contributed by atoms with Gasteiger partial charge in [-0.2, -0.15) is 0 Å². The van der Waals surface area contributed by atoms with Gasteiger partial charge in [-0.05, 0) is 40.1 Å². The molecule has 0 aliphatic carbocycles. The average molecular weight is 307 g/mol. The van der Waals surface area contributed by atoms with Gasteiger partial charge in [0.25, 0.3) is 0 Å². The zero-order chi connectivity index (χ0) is 16.2. The highest BCUT2D eigenvalue weighted by Crippen LogP contribution is 2.25. The molecule has 0 amide bonds. The lowest BCUT2D eigenvalue weighted by molar-refractivity contribution is 0.145. The first kappa shape index (κ1) is 15.5. The third kappa shape index (κ3) is 3.52. The molecule has 0 aliphatic rings. The molecule has 0 saturated heterocycles. The van der Waals surface area contributed by atoms with Crippen LogP contribution in [0.15, 0.2) is 66.7 Å². The summed E-state index contributed by atoms with van der Waals surface area (Å²) in [6.07, 6.45) is -0.0732. The van der Waals surface area contributed by atoms with Crippen LogP contribution in [0.5, 0.6) is 5.75 Å². The molecule has 3 aromatic carbocycles. The van der Waals surface area contributed by atoms with Crippen molar-refractivity contribution in [3.05, 3.63) is 77.9 Å². The SMILES string of the molecule is COc1ccc2cc([C@H](N)[C@H](O)Cc3ccccc3)ccc2c1. The second-order valence-corrected chi connectivity index (χ2v) is 5.76. The molecule has 3 heteroatoms. The Bertz CT molecular complexity index is 786. The zero-order valence-electron chi connectivity index (χ0n) is 13.1. The number of ether oxygens (including phenoxy) is 1. The Morgan fingerprint density at radius 3 is 2.39 bits per heavy atom. The van der Waals surface area contributed by atoms with Gasteiger partial charge in [-0.3, -0.25) is 0 Å². The topological polar surface area (TPSA) is 55.5 Å². The minimum atomic E-state index is -0.618. The fraction of sp³-hybridized carbons (Fsp3) is 0.200. The number of rotatable bonds is 5. The fourth-order valence-corrected chi connectivity index (χ4v) is 2.78. The lowest BCUT2D eigenvalue weighted by Gasteiger charge is -2.20. The maximum Gasteiger partial charge on any atom is 0.119 e. The van der Waals surface area contributed by atoms with Crippen molar-refractivity contribution in [2.75, 3.05) is 7.11 Å². The van der Waals surface area contributed by atoms with Gasteiger partial charge in [0.15, 0.2) is 0 Å². The number of methoxy groups -OCH3 is 1. The highest BCUT2D eigenvalue weighted by Gasteiger charge is 2.17. The van der Waals surface area contributed by atoms with Crippen LogP contribution in [0, 0.1) is 0 Å². The molecule has 0 fully saturated rings. The van der Waals surface area contributed by atoms with Crippen molar-refractivity contribution >= 4 is 10.8 Å². The molecule has 0 aromatic heterocycles. The summed E-state index contributed by atoms with van der Waals surface area (Å²) in [4.78, 5) is 0. The molecule has 3 N–H and O–H groups in total. The van der Waals surface area contributed by atoms with Crippen molar-refractivity contribution in [3.63, 3.8) is 0 Å². The Kier molecular flexibility index (Phi) is 4.60. The molecule has 0 spiro atoms.